The van der Waals surface area contributed by atoms with Crippen molar-refractivity contribution in [3.05, 3.63) is 81.1 Å². The highest BCUT2D eigenvalue weighted by Crippen LogP contribution is 2.27. The van der Waals surface area contributed by atoms with Crippen molar-refractivity contribution in [2.45, 2.75) is 6.54 Å². The predicted molar refractivity (Wildman–Crippen MR) is 121 cm³/mol. The molecule has 5 rings (SSSR count). The van der Waals surface area contributed by atoms with Crippen molar-refractivity contribution >= 4 is 39.8 Å². The standard InChI is InChI=1S/C21H16N8O4/c30-13-3-1-2-11(6-13)8-23-16-17(19(32)18(16)31)25-12-4-5-15-14(7-12)20(28-27-15)26-21(33)29-10-22-9-24-29/h1-7,9-10,23,25,30H,8H2,(H2,26,27,28,33). The quantitative estimate of drug-likeness (QED) is 0.246. The summed E-state index contributed by atoms with van der Waals surface area (Å²) in [4.78, 5) is 40.2. The fraction of sp³-hybridized carbons (Fsp3) is 0.0476. The van der Waals surface area contributed by atoms with Gasteiger partial charge in [-0.2, -0.15) is 14.9 Å². The van der Waals surface area contributed by atoms with Crippen molar-refractivity contribution in [3.63, 3.8) is 0 Å². The lowest BCUT2D eigenvalue weighted by Gasteiger charge is -2.15. The molecule has 5 aromatic rings. The van der Waals surface area contributed by atoms with Crippen LogP contribution in [0.2, 0.25) is 0 Å². The zero-order valence-corrected chi connectivity index (χ0v) is 16.9. The summed E-state index contributed by atoms with van der Waals surface area (Å²) in [5.74, 6) is 0.374. The molecule has 0 aliphatic heterocycles. The van der Waals surface area contributed by atoms with Gasteiger partial charge in [0.25, 0.3) is 10.9 Å². The minimum absolute atomic E-state index is 0.109. The maximum Gasteiger partial charge on any atom is 0.349 e. The maximum atomic E-state index is 12.2. The lowest BCUT2D eigenvalue weighted by Crippen LogP contribution is -2.36. The van der Waals surface area contributed by atoms with Crippen LogP contribution in [0.5, 0.6) is 5.75 Å². The lowest BCUT2D eigenvalue weighted by atomic mass is 10.1. The van der Waals surface area contributed by atoms with Gasteiger partial charge in [-0.1, -0.05) is 12.1 Å². The summed E-state index contributed by atoms with van der Waals surface area (Å²) in [5.41, 5.74) is 0.964. The molecular weight excluding hydrogens is 428 g/mol. The SMILES string of the molecule is O=C(Nc1n[nH]c2ccc(Nc3c(NCc4cccc(O)c4)c(=O)c3=O)cc12)n1cncn1. The lowest BCUT2D eigenvalue weighted by molar-refractivity contribution is 0.251. The topological polar surface area (TPSA) is 167 Å². The van der Waals surface area contributed by atoms with Gasteiger partial charge in [0.15, 0.2) is 5.82 Å². The number of rotatable bonds is 6. The highest BCUT2D eigenvalue weighted by atomic mass is 16.3. The monoisotopic (exact) mass is 444 g/mol. The molecule has 0 aliphatic rings. The third-order valence-electron chi connectivity index (χ3n) is 4.97. The Morgan fingerprint density at radius 2 is 1.94 bits per heavy atom. The molecule has 0 unspecified atom stereocenters. The van der Waals surface area contributed by atoms with Gasteiger partial charge in [-0.15, -0.1) is 0 Å². The Balaban J connectivity index is 1.36. The van der Waals surface area contributed by atoms with Gasteiger partial charge in [0.05, 0.1) is 5.52 Å². The van der Waals surface area contributed by atoms with E-state index in [4.69, 9.17) is 0 Å². The molecule has 12 heteroatoms. The van der Waals surface area contributed by atoms with Crippen molar-refractivity contribution < 1.29 is 9.90 Å². The van der Waals surface area contributed by atoms with Gasteiger partial charge in [0, 0.05) is 17.6 Å². The minimum Gasteiger partial charge on any atom is -0.508 e. The Labute approximate surface area is 184 Å². The number of hydrogen-bond donors (Lipinski definition) is 5. The molecule has 2 aromatic heterocycles. The molecule has 5 N–H and O–H groups in total. The van der Waals surface area contributed by atoms with Gasteiger partial charge in [-0.3, -0.25) is 20.0 Å². The first kappa shape index (κ1) is 19.9. The van der Waals surface area contributed by atoms with Gasteiger partial charge >= 0.3 is 6.03 Å². The van der Waals surface area contributed by atoms with E-state index in [1.54, 1.807) is 42.5 Å². The number of aromatic amines is 1. The van der Waals surface area contributed by atoms with E-state index in [0.717, 1.165) is 10.2 Å². The van der Waals surface area contributed by atoms with E-state index < -0.39 is 16.9 Å². The maximum absolute atomic E-state index is 12.2. The first-order valence-electron chi connectivity index (χ1n) is 9.76. The molecule has 0 radical (unpaired) electrons. The predicted octanol–water partition coefficient (Wildman–Crippen LogP) is 1.89. The van der Waals surface area contributed by atoms with Crippen LogP contribution >= 0.6 is 0 Å². The summed E-state index contributed by atoms with van der Waals surface area (Å²) < 4.78 is 1.02. The summed E-state index contributed by atoms with van der Waals surface area (Å²) >= 11 is 0. The fourth-order valence-corrected chi connectivity index (χ4v) is 3.34. The summed E-state index contributed by atoms with van der Waals surface area (Å²) in [7, 11) is 0. The van der Waals surface area contributed by atoms with Crippen LogP contribution in [0, 0.1) is 0 Å². The number of carbonyl (C=O) groups is 1. The molecular formula is C21H16N8O4. The summed E-state index contributed by atoms with van der Waals surface area (Å²) in [6.07, 6.45) is 2.50. The molecule has 33 heavy (non-hydrogen) atoms. The van der Waals surface area contributed by atoms with Crippen molar-refractivity contribution in [3.8, 4) is 5.75 Å². The molecule has 12 nitrogen and oxygen atoms in total. The van der Waals surface area contributed by atoms with E-state index >= 15 is 0 Å². The van der Waals surface area contributed by atoms with E-state index in [0.29, 0.717) is 16.6 Å². The summed E-state index contributed by atoms with van der Waals surface area (Å²) in [5, 5.41) is 29.4. The molecule has 0 spiro atoms. The first-order chi connectivity index (χ1) is 16.0. The molecule has 1 amide bonds. The molecule has 0 fully saturated rings. The van der Waals surface area contributed by atoms with Crippen LogP contribution in [0.15, 0.2) is 64.7 Å². The second kappa shape index (κ2) is 7.92. The van der Waals surface area contributed by atoms with Crippen LogP contribution in [-0.4, -0.2) is 36.1 Å². The Morgan fingerprint density at radius 3 is 2.73 bits per heavy atom. The zero-order chi connectivity index (χ0) is 22.9. The van der Waals surface area contributed by atoms with Gasteiger partial charge in [-0.25, -0.2) is 9.78 Å². The minimum atomic E-state index is -0.639. The van der Waals surface area contributed by atoms with Crippen molar-refractivity contribution in [2.24, 2.45) is 0 Å². The molecule has 0 aliphatic carbocycles. The van der Waals surface area contributed by atoms with Crippen molar-refractivity contribution in [1.29, 1.82) is 0 Å². The van der Waals surface area contributed by atoms with Crippen LogP contribution in [0.25, 0.3) is 10.9 Å². The fourth-order valence-electron chi connectivity index (χ4n) is 3.34. The zero-order valence-electron chi connectivity index (χ0n) is 16.9. The second-order valence-electron chi connectivity index (χ2n) is 7.16. The van der Waals surface area contributed by atoms with Crippen molar-refractivity contribution in [1.82, 2.24) is 25.0 Å². The number of H-pyrrole nitrogens is 1. The van der Waals surface area contributed by atoms with Crippen LogP contribution in [0.3, 0.4) is 0 Å². The van der Waals surface area contributed by atoms with E-state index in [1.807, 2.05) is 0 Å². The number of nitrogens with zero attached hydrogens (tertiary/aromatic N) is 4. The number of aromatic hydroxyl groups is 1. The normalized spacial score (nSPS) is 11.0. The van der Waals surface area contributed by atoms with Gasteiger partial charge in [-0.05, 0) is 35.9 Å². The van der Waals surface area contributed by atoms with Crippen molar-refractivity contribution in [2.75, 3.05) is 16.0 Å². The third kappa shape index (κ3) is 3.76. The smallest absolute Gasteiger partial charge is 0.349 e. The largest absolute Gasteiger partial charge is 0.508 e. The van der Waals surface area contributed by atoms with Gasteiger partial charge in [0.2, 0.25) is 0 Å². The third-order valence-corrected chi connectivity index (χ3v) is 4.97. The molecule has 3 aromatic carbocycles. The average Bonchev–Trinajstić information content (AvgIpc) is 3.49. The van der Waals surface area contributed by atoms with E-state index in [-0.39, 0.29) is 29.5 Å². The van der Waals surface area contributed by atoms with E-state index in [9.17, 15) is 19.5 Å². The van der Waals surface area contributed by atoms with Crippen LogP contribution in [0.4, 0.5) is 27.7 Å². The molecule has 2 heterocycles. The van der Waals surface area contributed by atoms with Crippen LogP contribution < -0.4 is 26.8 Å². The number of carbonyl (C=O) groups excluding carboxylic acids is 1. The van der Waals surface area contributed by atoms with E-state index in [2.05, 4.69) is 36.2 Å². The molecule has 0 atom stereocenters. The van der Waals surface area contributed by atoms with Gasteiger partial charge in [0.1, 0.15) is 29.8 Å². The molecule has 0 bridgehead atoms. The second-order valence-corrected chi connectivity index (χ2v) is 7.16. The number of fused-ring (bicyclic) bond motifs is 1. The number of amides is 1. The number of phenolic OH excluding ortho intramolecular Hbond substituents is 1. The number of benzene rings is 2. The number of nitrogens with one attached hydrogen (secondary N) is 4. The Morgan fingerprint density at radius 1 is 1.09 bits per heavy atom. The van der Waals surface area contributed by atoms with E-state index in [1.165, 1.54) is 12.7 Å². The summed E-state index contributed by atoms with van der Waals surface area (Å²) in [6.45, 7) is 0.257. The molecule has 164 valence electrons. The Bertz CT molecular complexity index is 1550. The first-order valence-corrected chi connectivity index (χ1v) is 9.76. The Kier molecular flexibility index (Phi) is 4.79. The highest BCUT2D eigenvalue weighted by molar-refractivity contribution is 6.00. The van der Waals surface area contributed by atoms with Gasteiger partial charge < -0.3 is 15.7 Å². The van der Waals surface area contributed by atoms with Crippen LogP contribution in [0.1, 0.15) is 5.56 Å². The average molecular weight is 444 g/mol. The number of aromatic nitrogens is 5. The number of hydrogen-bond acceptors (Lipinski definition) is 9. The summed E-state index contributed by atoms with van der Waals surface area (Å²) in [6, 6.07) is 11.2. The molecule has 0 saturated carbocycles. The Hall–Kier alpha value is -5.00. The highest BCUT2D eigenvalue weighted by Gasteiger charge is 2.21. The molecule has 0 saturated heterocycles. The number of phenols is 1. The number of anilines is 4. The van der Waals surface area contributed by atoms with Crippen LogP contribution in [-0.2, 0) is 6.54 Å².